The number of benzene rings is 2. The number of carbonyl (C=O) groups is 2. The van der Waals surface area contributed by atoms with E-state index in [9.17, 15) is 18.0 Å². The Morgan fingerprint density at radius 2 is 1.79 bits per heavy atom. The molecule has 1 N–H and O–H groups in total. The Morgan fingerprint density at radius 1 is 1.06 bits per heavy atom. The molecule has 2 atom stereocenters. The fourth-order valence-corrected chi connectivity index (χ4v) is 7.01. The van der Waals surface area contributed by atoms with E-state index in [0.717, 1.165) is 36.9 Å². The van der Waals surface area contributed by atoms with E-state index < -0.39 is 15.3 Å². The minimum absolute atomic E-state index is 0.0737. The van der Waals surface area contributed by atoms with E-state index >= 15 is 0 Å². The van der Waals surface area contributed by atoms with Gasteiger partial charge < -0.3 is 10.2 Å². The topological polar surface area (TPSA) is 86.8 Å². The Hall–Kier alpha value is -2.71. The summed E-state index contributed by atoms with van der Waals surface area (Å²) in [5.41, 5.74) is 2.23. The molecule has 0 radical (unpaired) electrons. The van der Waals surface area contributed by atoms with Gasteiger partial charge in [-0.2, -0.15) is 4.31 Å². The summed E-state index contributed by atoms with van der Waals surface area (Å²) in [4.78, 5) is 26.0. The van der Waals surface area contributed by atoms with Gasteiger partial charge in [0, 0.05) is 44.2 Å². The lowest BCUT2D eigenvalue weighted by atomic mass is 10.0. The number of hydrogen-bond donors (Lipinski definition) is 1. The predicted octanol–water partition coefficient (Wildman–Crippen LogP) is 3.48. The van der Waals surface area contributed by atoms with Crippen molar-refractivity contribution in [3.05, 3.63) is 71.3 Å². The number of nitrogens with one attached hydrogen (secondary N) is 1. The lowest BCUT2D eigenvalue weighted by molar-refractivity contribution is -0.127. The van der Waals surface area contributed by atoms with Gasteiger partial charge >= 0.3 is 0 Å². The predicted molar refractivity (Wildman–Crippen MR) is 132 cm³/mol. The smallest absolute Gasteiger partial charge is 0.251 e. The maximum Gasteiger partial charge on any atom is 0.251 e. The summed E-state index contributed by atoms with van der Waals surface area (Å²) in [7, 11) is -3.49. The number of likely N-dealkylation sites (tertiary alicyclic amines) is 1. The molecule has 2 aliphatic rings. The zero-order chi connectivity index (χ0) is 24.1. The highest BCUT2D eigenvalue weighted by Crippen LogP contribution is 2.38. The van der Waals surface area contributed by atoms with Crippen LogP contribution in [0.25, 0.3) is 0 Å². The van der Waals surface area contributed by atoms with E-state index in [0.29, 0.717) is 38.0 Å². The van der Waals surface area contributed by atoms with Crippen molar-refractivity contribution >= 4 is 21.8 Å². The number of amides is 2. The highest BCUT2D eigenvalue weighted by atomic mass is 32.2. The third-order valence-electron chi connectivity index (χ3n) is 6.81. The van der Waals surface area contributed by atoms with Crippen molar-refractivity contribution in [1.82, 2.24) is 14.5 Å². The van der Waals surface area contributed by atoms with Gasteiger partial charge in [-0.1, -0.05) is 42.5 Å². The second-order valence-electron chi connectivity index (χ2n) is 9.21. The van der Waals surface area contributed by atoms with Crippen LogP contribution in [0.15, 0.2) is 54.6 Å². The highest BCUT2D eigenvalue weighted by molar-refractivity contribution is 7.89. The molecule has 0 aromatic heterocycles. The second-order valence-corrected chi connectivity index (χ2v) is 11.3. The van der Waals surface area contributed by atoms with E-state index in [4.69, 9.17) is 0 Å². The molecular weight excluding hydrogens is 450 g/mol. The lowest BCUT2D eigenvalue weighted by Crippen LogP contribution is -2.44. The van der Waals surface area contributed by atoms with Crippen LogP contribution in [-0.4, -0.2) is 55.1 Å². The molecule has 0 saturated carbocycles. The van der Waals surface area contributed by atoms with Gasteiger partial charge in [0.1, 0.15) is 5.25 Å². The van der Waals surface area contributed by atoms with Gasteiger partial charge in [-0.05, 0) is 55.9 Å². The summed E-state index contributed by atoms with van der Waals surface area (Å²) >= 11 is 0. The van der Waals surface area contributed by atoms with Crippen LogP contribution in [0.3, 0.4) is 0 Å². The van der Waals surface area contributed by atoms with Gasteiger partial charge in [0.15, 0.2) is 0 Å². The zero-order valence-corrected chi connectivity index (χ0v) is 20.5. The summed E-state index contributed by atoms with van der Waals surface area (Å²) in [6, 6.07) is 16.5. The van der Waals surface area contributed by atoms with Crippen LogP contribution < -0.4 is 5.32 Å². The monoisotopic (exact) mass is 483 g/mol. The minimum Gasteiger partial charge on any atom is -0.352 e. The molecule has 7 nitrogen and oxygen atoms in total. The fourth-order valence-electron chi connectivity index (χ4n) is 4.81. The Balaban J connectivity index is 1.34. The van der Waals surface area contributed by atoms with Crippen LogP contribution >= 0.6 is 0 Å². The van der Waals surface area contributed by atoms with Crippen LogP contribution in [0.2, 0.25) is 0 Å². The number of nitrogens with zero attached hydrogens (tertiary/aromatic N) is 2. The second kappa shape index (κ2) is 10.7. The normalized spacial score (nSPS) is 22.6. The van der Waals surface area contributed by atoms with Gasteiger partial charge in [-0.15, -0.1) is 0 Å². The molecular formula is C26H33N3O4S. The molecule has 182 valence electrons. The van der Waals surface area contributed by atoms with Crippen LogP contribution in [-0.2, 0) is 21.4 Å². The first kappa shape index (κ1) is 24.4. The fraction of sp³-hybridized carbons (Fsp3) is 0.462. The molecule has 2 saturated heterocycles. The van der Waals surface area contributed by atoms with Crippen molar-refractivity contribution in [2.24, 2.45) is 0 Å². The molecule has 2 fully saturated rings. The Bertz CT molecular complexity index is 1100. The largest absolute Gasteiger partial charge is 0.352 e. The van der Waals surface area contributed by atoms with E-state index in [1.54, 1.807) is 16.4 Å². The molecule has 34 heavy (non-hydrogen) atoms. The van der Waals surface area contributed by atoms with Crippen LogP contribution in [0.5, 0.6) is 0 Å². The summed E-state index contributed by atoms with van der Waals surface area (Å²) in [6.07, 6.45) is 3.70. The van der Waals surface area contributed by atoms with Crippen LogP contribution in [0.1, 0.15) is 65.8 Å². The third-order valence-corrected chi connectivity index (χ3v) is 9.18. The first-order valence-electron chi connectivity index (χ1n) is 12.1. The Labute approximate surface area is 202 Å². The van der Waals surface area contributed by atoms with Crippen molar-refractivity contribution in [3.63, 3.8) is 0 Å². The van der Waals surface area contributed by atoms with Gasteiger partial charge in [0.2, 0.25) is 15.9 Å². The lowest BCUT2D eigenvalue weighted by Gasteiger charge is -2.37. The number of sulfonamides is 1. The van der Waals surface area contributed by atoms with Crippen molar-refractivity contribution < 1.29 is 18.0 Å². The minimum atomic E-state index is -3.49. The molecule has 0 bridgehead atoms. The van der Waals surface area contributed by atoms with E-state index in [-0.39, 0.29) is 17.9 Å². The van der Waals surface area contributed by atoms with Gasteiger partial charge in [0.25, 0.3) is 5.91 Å². The first-order chi connectivity index (χ1) is 16.4. The van der Waals surface area contributed by atoms with Crippen LogP contribution in [0.4, 0.5) is 0 Å². The Morgan fingerprint density at radius 3 is 2.47 bits per heavy atom. The average Bonchev–Trinajstić information content (AvgIpc) is 3.24. The average molecular weight is 484 g/mol. The first-order valence-corrected chi connectivity index (χ1v) is 13.6. The molecule has 1 unspecified atom stereocenters. The molecule has 4 rings (SSSR count). The van der Waals surface area contributed by atoms with E-state index in [1.807, 2.05) is 54.3 Å². The van der Waals surface area contributed by atoms with Gasteiger partial charge in [-0.3, -0.25) is 9.59 Å². The molecule has 2 aliphatic heterocycles. The zero-order valence-electron chi connectivity index (χ0n) is 19.7. The maximum absolute atomic E-state index is 13.4. The van der Waals surface area contributed by atoms with Crippen molar-refractivity contribution in [2.45, 2.75) is 56.9 Å². The molecule has 2 aromatic rings. The molecule has 8 heteroatoms. The summed E-state index contributed by atoms with van der Waals surface area (Å²) < 4.78 is 28.4. The standard InChI is InChI=1S/C26H33N3O4S/c1-20-10-15-24(22-7-3-2-4-8-22)34(32,33)29(20)19-21-11-13-23(14-12-21)26(31)27-16-6-18-28-17-5-9-25(28)30/h2-4,7-8,11-14,20,24H,5-6,9-10,15-19H2,1H3,(H,27,31)/t20-,24?/m0/s1. The van der Waals surface area contributed by atoms with Gasteiger partial charge in [-0.25, -0.2) is 8.42 Å². The maximum atomic E-state index is 13.4. The number of hydrogen-bond acceptors (Lipinski definition) is 4. The van der Waals surface area contributed by atoms with Crippen LogP contribution in [0, 0.1) is 0 Å². The molecule has 2 heterocycles. The summed E-state index contributed by atoms with van der Waals surface area (Å²) in [5.74, 6) is 0.0319. The van der Waals surface area contributed by atoms with E-state index in [2.05, 4.69) is 5.32 Å². The molecule has 0 aliphatic carbocycles. The Kier molecular flexibility index (Phi) is 7.68. The molecule has 2 amide bonds. The highest BCUT2D eigenvalue weighted by Gasteiger charge is 2.40. The third kappa shape index (κ3) is 5.50. The van der Waals surface area contributed by atoms with Crippen molar-refractivity contribution in [1.29, 1.82) is 0 Å². The van der Waals surface area contributed by atoms with Crippen molar-refractivity contribution in [2.75, 3.05) is 19.6 Å². The molecule has 0 spiro atoms. The number of carbonyl (C=O) groups excluding carboxylic acids is 2. The summed E-state index contributed by atoms with van der Waals surface area (Å²) in [6.45, 7) is 4.24. The van der Waals surface area contributed by atoms with Gasteiger partial charge in [0.05, 0.1) is 0 Å². The number of rotatable bonds is 8. The SMILES string of the molecule is C[C@H]1CCC(c2ccccc2)S(=O)(=O)N1Cc1ccc(C(=O)NCCCN2CCCC2=O)cc1. The summed E-state index contributed by atoms with van der Waals surface area (Å²) in [5, 5.41) is 2.38. The quantitative estimate of drug-likeness (QED) is 0.583. The van der Waals surface area contributed by atoms with E-state index in [1.165, 1.54) is 0 Å². The van der Waals surface area contributed by atoms with Crippen molar-refractivity contribution in [3.8, 4) is 0 Å². The molecule has 2 aromatic carbocycles.